The maximum atomic E-state index is 11.2. The lowest BCUT2D eigenvalue weighted by Gasteiger charge is -2.06. The summed E-state index contributed by atoms with van der Waals surface area (Å²) >= 11 is 0. The van der Waals surface area contributed by atoms with Crippen LogP contribution in [0.25, 0.3) is 44.0 Å². The molecule has 0 bridgehead atoms. The third-order valence-corrected chi connectivity index (χ3v) is 6.21. The normalized spacial score (nSPS) is 12.7. The molecule has 0 unspecified atom stereocenters. The Balaban J connectivity index is 0.000000154. The predicted octanol–water partition coefficient (Wildman–Crippen LogP) is 7.09. The van der Waals surface area contributed by atoms with Crippen LogP contribution < -0.4 is 0 Å². The van der Waals surface area contributed by atoms with E-state index in [9.17, 15) is 9.59 Å². The molecule has 2 aromatic heterocycles. The number of carbonyl (C=O) groups excluding carboxylic acids is 2. The van der Waals surface area contributed by atoms with Crippen molar-refractivity contribution in [2.45, 2.75) is 0 Å². The number of aromatic nitrogens is 2. The molecular weight excluding hydrogens is 420 g/mol. The highest BCUT2D eigenvalue weighted by atomic mass is 16.1. The lowest BCUT2D eigenvalue weighted by Crippen LogP contribution is -2.10. The molecule has 162 valence electrons. The molecule has 0 fully saturated rings. The minimum absolute atomic E-state index is 0.0924. The van der Waals surface area contributed by atoms with Gasteiger partial charge >= 0.3 is 0 Å². The largest absolute Gasteiger partial charge is 0.354 e. The molecule has 34 heavy (non-hydrogen) atoms. The van der Waals surface area contributed by atoms with Crippen molar-refractivity contribution in [3.05, 3.63) is 120 Å². The van der Waals surface area contributed by atoms with Crippen LogP contribution in [-0.2, 0) is 0 Å². The number of hydrogen-bond acceptors (Lipinski definition) is 2. The molecule has 0 spiro atoms. The first-order chi connectivity index (χ1) is 16.7. The zero-order valence-electron chi connectivity index (χ0n) is 18.2. The number of carbonyl (C=O) groups is 2. The van der Waals surface area contributed by atoms with Crippen LogP contribution in [0, 0.1) is 0 Å². The molecule has 2 N–H and O–H groups in total. The van der Waals surface area contributed by atoms with E-state index >= 15 is 0 Å². The van der Waals surface area contributed by atoms with Crippen LogP contribution in [0.4, 0.5) is 0 Å². The van der Waals surface area contributed by atoms with Gasteiger partial charge in [0, 0.05) is 49.6 Å². The number of nitrogens with one attached hydrogen (secondary N) is 2. The van der Waals surface area contributed by atoms with Crippen LogP contribution in [0.2, 0.25) is 0 Å². The quantitative estimate of drug-likeness (QED) is 0.287. The zero-order chi connectivity index (χ0) is 23.1. The van der Waals surface area contributed by atoms with Gasteiger partial charge in [0.05, 0.1) is 5.52 Å². The number of allylic oxidation sites excluding steroid dienone is 2. The molecule has 4 aromatic carbocycles. The summed E-state index contributed by atoms with van der Waals surface area (Å²) in [5.74, 6) is -0.185. The molecule has 1 aliphatic rings. The second-order valence-electron chi connectivity index (χ2n) is 8.28. The summed E-state index contributed by atoms with van der Waals surface area (Å²) in [6, 6.07) is 32.4. The van der Waals surface area contributed by atoms with Crippen LogP contribution >= 0.6 is 0 Å². The van der Waals surface area contributed by atoms with Gasteiger partial charge in [-0.1, -0.05) is 78.9 Å². The van der Waals surface area contributed by atoms with E-state index in [-0.39, 0.29) is 11.6 Å². The maximum absolute atomic E-state index is 11.2. The number of para-hydroxylation sites is 3. The Morgan fingerprint density at radius 1 is 0.500 bits per heavy atom. The molecule has 0 saturated heterocycles. The van der Waals surface area contributed by atoms with E-state index in [0.29, 0.717) is 11.1 Å². The van der Waals surface area contributed by atoms with Crippen LogP contribution in [0.1, 0.15) is 20.7 Å². The van der Waals surface area contributed by atoms with Crippen LogP contribution in [0.3, 0.4) is 0 Å². The lowest BCUT2D eigenvalue weighted by atomic mass is 9.95. The van der Waals surface area contributed by atoms with Crippen molar-refractivity contribution >= 4 is 44.3 Å². The fourth-order valence-electron chi connectivity index (χ4n) is 4.56. The van der Waals surface area contributed by atoms with Gasteiger partial charge in [-0.15, -0.1) is 0 Å². The third kappa shape index (κ3) is 3.33. The summed E-state index contributed by atoms with van der Waals surface area (Å²) in [7, 11) is 0. The molecule has 0 aliphatic heterocycles. The minimum atomic E-state index is -0.0924. The predicted molar refractivity (Wildman–Crippen MR) is 137 cm³/mol. The molecule has 2 heterocycles. The Kier molecular flexibility index (Phi) is 4.70. The Hall–Kier alpha value is -4.70. The topological polar surface area (TPSA) is 65.7 Å². The van der Waals surface area contributed by atoms with Crippen LogP contribution in [0.5, 0.6) is 0 Å². The van der Waals surface area contributed by atoms with Crippen molar-refractivity contribution in [1.29, 1.82) is 0 Å². The van der Waals surface area contributed by atoms with E-state index in [2.05, 4.69) is 82.8 Å². The maximum Gasteiger partial charge on any atom is 0.186 e. The lowest BCUT2D eigenvalue weighted by molar-refractivity contribution is 0.0994. The number of aromatic amines is 2. The van der Waals surface area contributed by atoms with Gasteiger partial charge in [0.1, 0.15) is 0 Å². The molecule has 0 radical (unpaired) electrons. The highest BCUT2D eigenvalue weighted by Crippen LogP contribution is 2.33. The minimum Gasteiger partial charge on any atom is -0.354 e. The van der Waals surface area contributed by atoms with Crippen molar-refractivity contribution in [2.24, 2.45) is 0 Å². The first kappa shape index (κ1) is 19.9. The zero-order valence-corrected chi connectivity index (χ0v) is 18.2. The van der Waals surface area contributed by atoms with Gasteiger partial charge in [-0.3, -0.25) is 9.59 Å². The van der Waals surface area contributed by atoms with Gasteiger partial charge < -0.3 is 9.97 Å². The van der Waals surface area contributed by atoms with Gasteiger partial charge in [0.15, 0.2) is 11.6 Å². The fraction of sp³-hybridized carbons (Fsp3) is 0. The van der Waals surface area contributed by atoms with E-state index in [1.165, 1.54) is 50.4 Å². The Morgan fingerprint density at radius 3 is 1.82 bits per heavy atom. The van der Waals surface area contributed by atoms with Crippen molar-refractivity contribution < 1.29 is 9.59 Å². The van der Waals surface area contributed by atoms with Crippen LogP contribution in [0.15, 0.2) is 109 Å². The molecule has 4 nitrogen and oxygen atoms in total. The summed E-state index contributed by atoms with van der Waals surface area (Å²) in [6.45, 7) is 0. The van der Waals surface area contributed by atoms with Crippen molar-refractivity contribution in [3.8, 4) is 11.3 Å². The van der Waals surface area contributed by atoms with E-state index < -0.39 is 0 Å². The monoisotopic (exact) mass is 440 g/mol. The molecule has 1 aliphatic carbocycles. The summed E-state index contributed by atoms with van der Waals surface area (Å²) in [5, 5.41) is 3.79. The molecule has 0 atom stereocenters. The molecule has 0 amide bonds. The van der Waals surface area contributed by atoms with Crippen LogP contribution in [-0.4, -0.2) is 21.5 Å². The summed E-state index contributed by atoms with van der Waals surface area (Å²) in [5.41, 5.74) is 6.92. The van der Waals surface area contributed by atoms with Gasteiger partial charge in [-0.2, -0.15) is 0 Å². The average molecular weight is 441 g/mol. The van der Waals surface area contributed by atoms with Gasteiger partial charge in [-0.05, 0) is 30.4 Å². The van der Waals surface area contributed by atoms with E-state index in [0.717, 1.165) is 5.69 Å². The van der Waals surface area contributed by atoms with E-state index in [4.69, 9.17) is 0 Å². The standard InChI is InChI=1S/C20H14N2.C10H6O2/c1-3-10-17-13(6-1)12-19(21-17)16-9-5-8-15-14-7-2-4-11-18(14)22-20(15)16;11-9-5-6-10(12)8-4-2-1-3-7(8)9/h1-12,21-22H;1-6H. The summed E-state index contributed by atoms with van der Waals surface area (Å²) < 4.78 is 0. The van der Waals surface area contributed by atoms with Crippen molar-refractivity contribution in [3.63, 3.8) is 0 Å². The molecule has 0 saturated carbocycles. The second-order valence-corrected chi connectivity index (χ2v) is 8.28. The second kappa shape index (κ2) is 8.01. The number of benzene rings is 4. The SMILES string of the molecule is O=C1C=CC(=O)c2ccccc21.c1ccc2[nH]c(-c3cccc4c3[nH]c3ccccc34)cc2c1. The Labute approximate surface area is 195 Å². The highest BCUT2D eigenvalue weighted by molar-refractivity contribution is 6.22. The molecule has 7 rings (SSSR count). The highest BCUT2D eigenvalue weighted by Gasteiger charge is 2.17. The molecular formula is C30H20N2O2. The fourth-order valence-corrected chi connectivity index (χ4v) is 4.56. The van der Waals surface area contributed by atoms with E-state index in [1.54, 1.807) is 24.3 Å². The Bertz CT molecular complexity index is 1680. The number of H-pyrrole nitrogens is 2. The third-order valence-electron chi connectivity index (χ3n) is 6.21. The van der Waals surface area contributed by atoms with Crippen molar-refractivity contribution in [1.82, 2.24) is 9.97 Å². The summed E-state index contributed by atoms with van der Waals surface area (Å²) in [4.78, 5) is 29.5. The number of ketones is 2. The van der Waals surface area contributed by atoms with E-state index in [1.807, 2.05) is 0 Å². The number of fused-ring (bicyclic) bond motifs is 5. The number of hydrogen-bond donors (Lipinski definition) is 2. The number of rotatable bonds is 1. The van der Waals surface area contributed by atoms with Gasteiger partial charge in [-0.25, -0.2) is 0 Å². The smallest absolute Gasteiger partial charge is 0.186 e. The Morgan fingerprint density at radius 2 is 1.09 bits per heavy atom. The van der Waals surface area contributed by atoms with Gasteiger partial charge in [0.25, 0.3) is 0 Å². The van der Waals surface area contributed by atoms with Gasteiger partial charge in [0.2, 0.25) is 0 Å². The molecule has 6 aromatic rings. The first-order valence-electron chi connectivity index (χ1n) is 11.1. The van der Waals surface area contributed by atoms with Crippen molar-refractivity contribution in [2.75, 3.05) is 0 Å². The summed E-state index contributed by atoms with van der Waals surface area (Å²) in [6.07, 6.45) is 2.62. The average Bonchev–Trinajstić information content (AvgIpc) is 3.48. The first-order valence-corrected chi connectivity index (χ1v) is 11.1. The molecule has 4 heteroatoms.